The van der Waals surface area contributed by atoms with Crippen molar-refractivity contribution in [2.24, 2.45) is 5.92 Å². The summed E-state index contributed by atoms with van der Waals surface area (Å²) in [6.45, 7) is 2.47. The van der Waals surface area contributed by atoms with E-state index < -0.39 is 15.9 Å². The Bertz CT molecular complexity index is 1240. The molecule has 33 heavy (non-hydrogen) atoms. The molecule has 0 spiro atoms. The van der Waals surface area contributed by atoms with Gasteiger partial charge in [0, 0.05) is 30.9 Å². The summed E-state index contributed by atoms with van der Waals surface area (Å²) in [5.41, 5.74) is 3.21. The Hall–Kier alpha value is -3.49. The van der Waals surface area contributed by atoms with E-state index >= 15 is 0 Å². The van der Waals surface area contributed by atoms with E-state index in [0.29, 0.717) is 12.2 Å². The van der Waals surface area contributed by atoms with Crippen molar-refractivity contribution in [2.75, 3.05) is 16.8 Å². The van der Waals surface area contributed by atoms with Crippen molar-refractivity contribution in [3.05, 3.63) is 90.0 Å². The number of hydrogen-bond donors (Lipinski definition) is 2. The van der Waals surface area contributed by atoms with Gasteiger partial charge in [-0.15, -0.1) is 0 Å². The number of aryl methyl sites for hydroxylation is 1. The molecular formula is C25H25N3O4S. The van der Waals surface area contributed by atoms with Gasteiger partial charge >= 0.3 is 0 Å². The Labute approximate surface area is 193 Å². The van der Waals surface area contributed by atoms with Crippen LogP contribution in [0, 0.1) is 12.8 Å². The van der Waals surface area contributed by atoms with E-state index in [2.05, 4.69) is 10.0 Å². The van der Waals surface area contributed by atoms with Gasteiger partial charge in [-0.3, -0.25) is 9.59 Å². The van der Waals surface area contributed by atoms with Crippen LogP contribution in [0.3, 0.4) is 0 Å². The summed E-state index contributed by atoms with van der Waals surface area (Å²) in [4.78, 5) is 26.9. The minimum Gasteiger partial charge on any atom is -0.326 e. The van der Waals surface area contributed by atoms with Crippen molar-refractivity contribution in [3.63, 3.8) is 0 Å². The molecule has 0 aliphatic carbocycles. The Morgan fingerprint density at radius 1 is 0.970 bits per heavy atom. The zero-order chi connectivity index (χ0) is 23.4. The number of carbonyl (C=O) groups is 2. The van der Waals surface area contributed by atoms with Crippen molar-refractivity contribution in [2.45, 2.75) is 24.8 Å². The fourth-order valence-electron chi connectivity index (χ4n) is 3.68. The van der Waals surface area contributed by atoms with Crippen LogP contribution in [0.1, 0.15) is 17.5 Å². The summed E-state index contributed by atoms with van der Waals surface area (Å²) in [6.07, 6.45) is 0.135. The molecule has 1 saturated heterocycles. The first-order valence-corrected chi connectivity index (χ1v) is 12.1. The molecule has 0 radical (unpaired) electrons. The number of anilines is 2. The third-order valence-electron chi connectivity index (χ3n) is 5.58. The lowest BCUT2D eigenvalue weighted by Gasteiger charge is -2.17. The van der Waals surface area contributed by atoms with Gasteiger partial charge in [0.15, 0.2) is 0 Å². The van der Waals surface area contributed by atoms with E-state index in [1.54, 1.807) is 17.0 Å². The number of nitrogens with one attached hydrogen (secondary N) is 2. The average molecular weight is 464 g/mol. The van der Waals surface area contributed by atoms with Crippen LogP contribution in [0.2, 0.25) is 0 Å². The molecule has 1 aliphatic rings. The summed E-state index contributed by atoms with van der Waals surface area (Å²) in [7, 11) is -3.68. The molecule has 2 N–H and O–H groups in total. The Morgan fingerprint density at radius 3 is 2.30 bits per heavy atom. The second kappa shape index (κ2) is 9.56. The molecule has 4 rings (SSSR count). The zero-order valence-electron chi connectivity index (χ0n) is 18.2. The predicted molar refractivity (Wildman–Crippen MR) is 127 cm³/mol. The first kappa shape index (κ1) is 22.7. The van der Waals surface area contributed by atoms with Crippen LogP contribution in [-0.4, -0.2) is 26.8 Å². The van der Waals surface area contributed by atoms with Crippen LogP contribution in [-0.2, 0) is 26.2 Å². The highest BCUT2D eigenvalue weighted by molar-refractivity contribution is 7.89. The first-order chi connectivity index (χ1) is 15.8. The van der Waals surface area contributed by atoms with Gasteiger partial charge in [-0.25, -0.2) is 13.1 Å². The van der Waals surface area contributed by atoms with Crippen molar-refractivity contribution >= 4 is 33.2 Å². The fourth-order valence-corrected chi connectivity index (χ4v) is 4.69. The molecule has 1 heterocycles. The van der Waals surface area contributed by atoms with E-state index in [-0.39, 0.29) is 29.7 Å². The molecule has 2 amide bonds. The van der Waals surface area contributed by atoms with Crippen LogP contribution in [0.15, 0.2) is 83.8 Å². The van der Waals surface area contributed by atoms with Crippen LogP contribution < -0.4 is 14.9 Å². The van der Waals surface area contributed by atoms with Gasteiger partial charge in [0.1, 0.15) is 0 Å². The molecule has 3 aromatic carbocycles. The van der Waals surface area contributed by atoms with Crippen molar-refractivity contribution in [1.82, 2.24) is 4.72 Å². The predicted octanol–water partition coefficient (Wildman–Crippen LogP) is 3.47. The topological polar surface area (TPSA) is 95.6 Å². The van der Waals surface area contributed by atoms with E-state index in [9.17, 15) is 18.0 Å². The SMILES string of the molecule is Cc1ccc(N2CC(C(=O)Nc3ccc(S(=O)(=O)NCc4ccccc4)cc3)CC2=O)cc1. The quantitative estimate of drug-likeness (QED) is 0.561. The standard InChI is InChI=1S/C25H25N3O4S/c1-18-7-11-22(12-8-18)28-17-20(15-24(28)29)25(30)27-21-9-13-23(14-10-21)33(31,32)26-16-19-5-3-2-4-6-19/h2-14,20,26H,15-17H2,1H3,(H,27,30). The maximum Gasteiger partial charge on any atom is 0.240 e. The fraction of sp³-hybridized carbons (Fsp3) is 0.200. The number of nitrogens with zero attached hydrogens (tertiary/aromatic N) is 1. The maximum atomic E-state index is 12.7. The minimum atomic E-state index is -3.68. The smallest absolute Gasteiger partial charge is 0.240 e. The highest BCUT2D eigenvalue weighted by Gasteiger charge is 2.35. The van der Waals surface area contributed by atoms with E-state index in [0.717, 1.165) is 16.8 Å². The molecule has 8 heteroatoms. The Balaban J connectivity index is 1.36. The lowest BCUT2D eigenvalue weighted by molar-refractivity contribution is -0.122. The van der Waals surface area contributed by atoms with Gasteiger partial charge in [-0.2, -0.15) is 0 Å². The van der Waals surface area contributed by atoms with Crippen LogP contribution >= 0.6 is 0 Å². The second-order valence-corrected chi connectivity index (χ2v) is 9.83. The zero-order valence-corrected chi connectivity index (χ0v) is 19.0. The van der Waals surface area contributed by atoms with Gasteiger partial charge in [0.25, 0.3) is 0 Å². The summed E-state index contributed by atoms with van der Waals surface area (Å²) in [5, 5.41) is 2.79. The first-order valence-electron chi connectivity index (χ1n) is 10.6. The van der Waals surface area contributed by atoms with Gasteiger partial charge in [-0.1, -0.05) is 48.0 Å². The number of rotatable bonds is 7. The highest BCUT2D eigenvalue weighted by Crippen LogP contribution is 2.26. The Kier molecular flexibility index (Phi) is 6.57. The van der Waals surface area contributed by atoms with Gasteiger partial charge < -0.3 is 10.2 Å². The van der Waals surface area contributed by atoms with Crippen LogP contribution in [0.4, 0.5) is 11.4 Å². The normalized spacial score (nSPS) is 16.1. The molecule has 7 nitrogen and oxygen atoms in total. The highest BCUT2D eigenvalue weighted by atomic mass is 32.2. The molecule has 3 aromatic rings. The number of amides is 2. The van der Waals surface area contributed by atoms with Gasteiger partial charge in [0.2, 0.25) is 21.8 Å². The largest absolute Gasteiger partial charge is 0.326 e. The maximum absolute atomic E-state index is 12.7. The number of carbonyl (C=O) groups excluding carboxylic acids is 2. The van der Waals surface area contributed by atoms with Gasteiger partial charge in [-0.05, 0) is 48.9 Å². The molecule has 1 atom stereocenters. The lowest BCUT2D eigenvalue weighted by atomic mass is 10.1. The van der Waals surface area contributed by atoms with E-state index in [1.165, 1.54) is 12.1 Å². The minimum absolute atomic E-state index is 0.0927. The molecule has 1 fully saturated rings. The summed E-state index contributed by atoms with van der Waals surface area (Å²) in [6, 6.07) is 22.8. The lowest BCUT2D eigenvalue weighted by Crippen LogP contribution is -2.28. The summed E-state index contributed by atoms with van der Waals surface area (Å²) < 4.78 is 27.6. The van der Waals surface area contributed by atoms with E-state index in [1.807, 2.05) is 61.5 Å². The second-order valence-electron chi connectivity index (χ2n) is 8.06. The van der Waals surface area contributed by atoms with Crippen molar-refractivity contribution in [3.8, 4) is 0 Å². The third kappa shape index (κ3) is 5.47. The molecule has 0 aromatic heterocycles. The molecule has 170 valence electrons. The van der Waals surface area contributed by atoms with E-state index in [4.69, 9.17) is 0 Å². The van der Waals surface area contributed by atoms with Crippen LogP contribution in [0.25, 0.3) is 0 Å². The van der Waals surface area contributed by atoms with Crippen molar-refractivity contribution in [1.29, 1.82) is 0 Å². The monoisotopic (exact) mass is 463 g/mol. The molecule has 0 bridgehead atoms. The van der Waals surface area contributed by atoms with Crippen LogP contribution in [0.5, 0.6) is 0 Å². The van der Waals surface area contributed by atoms with Gasteiger partial charge in [0.05, 0.1) is 10.8 Å². The number of sulfonamides is 1. The number of benzene rings is 3. The third-order valence-corrected chi connectivity index (χ3v) is 7.00. The molecule has 1 aliphatic heterocycles. The average Bonchev–Trinajstić information content (AvgIpc) is 3.21. The molecule has 0 saturated carbocycles. The summed E-state index contributed by atoms with van der Waals surface area (Å²) in [5.74, 6) is -0.838. The van der Waals surface area contributed by atoms with Crippen molar-refractivity contribution < 1.29 is 18.0 Å². The molecular weight excluding hydrogens is 438 g/mol. The summed E-state index contributed by atoms with van der Waals surface area (Å²) >= 11 is 0. The molecule has 1 unspecified atom stereocenters. The number of hydrogen-bond acceptors (Lipinski definition) is 4. The Morgan fingerprint density at radius 2 is 1.64 bits per heavy atom.